The topological polar surface area (TPSA) is 18.5 Å². The molecule has 2 unspecified atom stereocenters. The Balaban J connectivity index is 2.33. The predicted molar refractivity (Wildman–Crippen MR) is 84.8 cm³/mol. The van der Waals surface area contributed by atoms with Crippen molar-refractivity contribution >= 4 is 0 Å². The van der Waals surface area contributed by atoms with Gasteiger partial charge in [0.1, 0.15) is 0 Å². The fourth-order valence-electron chi connectivity index (χ4n) is 3.09. The predicted octanol–water partition coefficient (Wildman–Crippen LogP) is 2.57. The second-order valence-corrected chi connectivity index (χ2v) is 6.24. The van der Waals surface area contributed by atoms with Gasteiger partial charge in [0.15, 0.2) is 0 Å². The molecule has 1 aliphatic rings. The zero-order valence-corrected chi connectivity index (χ0v) is 13.6. The number of rotatable bonds is 9. The van der Waals surface area contributed by atoms with Crippen LogP contribution in [0.2, 0.25) is 0 Å². The lowest BCUT2D eigenvalue weighted by Gasteiger charge is -2.39. The van der Waals surface area contributed by atoms with Crippen LogP contribution in [-0.2, 0) is 0 Å². The maximum absolute atomic E-state index is 3.70. The van der Waals surface area contributed by atoms with Crippen molar-refractivity contribution in [3.05, 3.63) is 0 Å². The third-order valence-electron chi connectivity index (χ3n) is 4.44. The standard InChI is InChI=1S/C16H35N3/c1-5-7-8-9-10-15(17-6-2)13-16-14-18(3)11-12-19(16)4/h15-17H,5-14H2,1-4H3. The van der Waals surface area contributed by atoms with Gasteiger partial charge in [-0.05, 0) is 33.5 Å². The van der Waals surface area contributed by atoms with E-state index in [1.165, 1.54) is 58.2 Å². The molecular formula is C16H35N3. The maximum Gasteiger partial charge on any atom is 0.0235 e. The largest absolute Gasteiger partial charge is 0.314 e. The van der Waals surface area contributed by atoms with E-state index in [9.17, 15) is 0 Å². The fraction of sp³-hybridized carbons (Fsp3) is 1.00. The summed E-state index contributed by atoms with van der Waals surface area (Å²) in [5, 5.41) is 3.70. The molecule has 1 saturated heterocycles. The molecule has 0 aromatic carbocycles. The normalized spacial score (nSPS) is 23.7. The monoisotopic (exact) mass is 269 g/mol. The first-order valence-electron chi connectivity index (χ1n) is 8.29. The minimum absolute atomic E-state index is 0.709. The molecule has 2 atom stereocenters. The minimum atomic E-state index is 0.709. The van der Waals surface area contributed by atoms with Gasteiger partial charge in [-0.25, -0.2) is 0 Å². The van der Waals surface area contributed by atoms with E-state index < -0.39 is 0 Å². The number of hydrogen-bond acceptors (Lipinski definition) is 3. The first kappa shape index (κ1) is 16.9. The van der Waals surface area contributed by atoms with Crippen molar-refractivity contribution < 1.29 is 0 Å². The van der Waals surface area contributed by atoms with Crippen LogP contribution in [0.25, 0.3) is 0 Å². The van der Waals surface area contributed by atoms with E-state index in [1.54, 1.807) is 0 Å². The molecule has 1 fully saturated rings. The number of unbranched alkanes of at least 4 members (excludes halogenated alkanes) is 3. The highest BCUT2D eigenvalue weighted by atomic mass is 15.3. The van der Waals surface area contributed by atoms with E-state index >= 15 is 0 Å². The molecule has 3 nitrogen and oxygen atoms in total. The van der Waals surface area contributed by atoms with Gasteiger partial charge in [0, 0.05) is 31.7 Å². The lowest BCUT2D eigenvalue weighted by Crippen LogP contribution is -2.52. The fourth-order valence-corrected chi connectivity index (χ4v) is 3.09. The maximum atomic E-state index is 3.70. The molecule has 0 radical (unpaired) electrons. The van der Waals surface area contributed by atoms with Gasteiger partial charge in [-0.15, -0.1) is 0 Å². The smallest absolute Gasteiger partial charge is 0.0235 e. The number of likely N-dealkylation sites (N-methyl/N-ethyl adjacent to an activating group) is 2. The second-order valence-electron chi connectivity index (χ2n) is 6.24. The quantitative estimate of drug-likeness (QED) is 0.649. The highest BCUT2D eigenvalue weighted by Crippen LogP contribution is 2.15. The highest BCUT2D eigenvalue weighted by Gasteiger charge is 2.24. The first-order chi connectivity index (χ1) is 9.17. The highest BCUT2D eigenvalue weighted by molar-refractivity contribution is 4.83. The molecule has 1 aliphatic heterocycles. The zero-order valence-electron chi connectivity index (χ0n) is 13.6. The third-order valence-corrected chi connectivity index (χ3v) is 4.44. The summed E-state index contributed by atoms with van der Waals surface area (Å²) in [6.07, 6.45) is 8.17. The van der Waals surface area contributed by atoms with Crippen LogP contribution in [0, 0.1) is 0 Å². The second kappa shape index (κ2) is 9.73. The van der Waals surface area contributed by atoms with E-state index in [0.717, 1.165) is 12.6 Å². The SMILES string of the molecule is CCCCCCC(CC1CN(C)CCN1C)NCC. The number of piperazine rings is 1. The Morgan fingerprint density at radius 1 is 1.11 bits per heavy atom. The van der Waals surface area contributed by atoms with E-state index in [2.05, 4.69) is 43.1 Å². The minimum Gasteiger partial charge on any atom is -0.314 e. The average Bonchev–Trinajstić information content (AvgIpc) is 2.39. The summed E-state index contributed by atoms with van der Waals surface area (Å²) in [6.45, 7) is 9.29. The summed E-state index contributed by atoms with van der Waals surface area (Å²) in [6, 6.07) is 1.44. The molecule has 1 rings (SSSR count). The molecule has 0 aliphatic carbocycles. The van der Waals surface area contributed by atoms with Gasteiger partial charge < -0.3 is 15.1 Å². The number of nitrogens with one attached hydrogen (secondary N) is 1. The summed E-state index contributed by atoms with van der Waals surface area (Å²) in [7, 11) is 4.54. The van der Waals surface area contributed by atoms with Crippen LogP contribution in [-0.4, -0.2) is 62.2 Å². The molecule has 0 aromatic heterocycles. The molecule has 0 aromatic rings. The van der Waals surface area contributed by atoms with Crippen LogP contribution < -0.4 is 5.32 Å². The Morgan fingerprint density at radius 2 is 1.89 bits per heavy atom. The van der Waals surface area contributed by atoms with Crippen molar-refractivity contribution in [2.45, 2.75) is 64.5 Å². The van der Waals surface area contributed by atoms with Crippen molar-refractivity contribution in [3.8, 4) is 0 Å². The Morgan fingerprint density at radius 3 is 2.58 bits per heavy atom. The molecule has 3 heteroatoms. The lowest BCUT2D eigenvalue weighted by molar-refractivity contribution is 0.0999. The van der Waals surface area contributed by atoms with E-state index in [0.29, 0.717) is 6.04 Å². The van der Waals surface area contributed by atoms with Crippen molar-refractivity contribution in [3.63, 3.8) is 0 Å². The van der Waals surface area contributed by atoms with Crippen molar-refractivity contribution in [2.24, 2.45) is 0 Å². The van der Waals surface area contributed by atoms with Crippen molar-refractivity contribution in [2.75, 3.05) is 40.3 Å². The Labute approximate surface area is 120 Å². The number of hydrogen-bond donors (Lipinski definition) is 1. The van der Waals surface area contributed by atoms with Gasteiger partial charge in [0.2, 0.25) is 0 Å². The molecule has 1 heterocycles. The Bertz CT molecular complexity index is 220. The van der Waals surface area contributed by atoms with E-state index in [-0.39, 0.29) is 0 Å². The average molecular weight is 269 g/mol. The molecule has 0 bridgehead atoms. The van der Waals surface area contributed by atoms with Gasteiger partial charge >= 0.3 is 0 Å². The van der Waals surface area contributed by atoms with Crippen LogP contribution >= 0.6 is 0 Å². The van der Waals surface area contributed by atoms with Gasteiger partial charge in [-0.1, -0.05) is 39.5 Å². The summed E-state index contributed by atoms with van der Waals surface area (Å²) in [5.41, 5.74) is 0. The Kier molecular flexibility index (Phi) is 8.67. The molecule has 0 spiro atoms. The van der Waals surface area contributed by atoms with Crippen LogP contribution in [0.5, 0.6) is 0 Å². The van der Waals surface area contributed by atoms with Crippen molar-refractivity contribution in [1.29, 1.82) is 0 Å². The lowest BCUT2D eigenvalue weighted by atomic mass is 9.98. The van der Waals surface area contributed by atoms with E-state index in [1.807, 2.05) is 0 Å². The summed E-state index contributed by atoms with van der Waals surface area (Å²) >= 11 is 0. The van der Waals surface area contributed by atoms with Gasteiger partial charge in [0.05, 0.1) is 0 Å². The van der Waals surface area contributed by atoms with Gasteiger partial charge in [-0.2, -0.15) is 0 Å². The van der Waals surface area contributed by atoms with Crippen LogP contribution in [0.3, 0.4) is 0 Å². The molecule has 0 saturated carbocycles. The molecule has 1 N–H and O–H groups in total. The third kappa shape index (κ3) is 6.73. The number of nitrogens with zero attached hydrogens (tertiary/aromatic N) is 2. The Hall–Kier alpha value is -0.120. The summed E-state index contributed by atoms with van der Waals surface area (Å²) in [5.74, 6) is 0. The van der Waals surface area contributed by atoms with Crippen LogP contribution in [0.1, 0.15) is 52.4 Å². The first-order valence-corrected chi connectivity index (χ1v) is 8.29. The van der Waals surface area contributed by atoms with E-state index in [4.69, 9.17) is 0 Å². The molecule has 0 amide bonds. The van der Waals surface area contributed by atoms with Gasteiger partial charge in [0.25, 0.3) is 0 Å². The zero-order chi connectivity index (χ0) is 14.1. The molecular weight excluding hydrogens is 234 g/mol. The molecule has 114 valence electrons. The molecule has 19 heavy (non-hydrogen) atoms. The van der Waals surface area contributed by atoms with Crippen molar-refractivity contribution in [1.82, 2.24) is 15.1 Å². The van der Waals surface area contributed by atoms with Gasteiger partial charge in [-0.3, -0.25) is 0 Å². The van der Waals surface area contributed by atoms with Crippen LogP contribution in [0.15, 0.2) is 0 Å². The van der Waals surface area contributed by atoms with Crippen LogP contribution in [0.4, 0.5) is 0 Å². The summed E-state index contributed by atoms with van der Waals surface area (Å²) < 4.78 is 0. The summed E-state index contributed by atoms with van der Waals surface area (Å²) in [4.78, 5) is 5.03.